The highest BCUT2D eigenvalue weighted by molar-refractivity contribution is 7.88. The summed E-state index contributed by atoms with van der Waals surface area (Å²) in [5, 5.41) is 3.38. The van der Waals surface area contributed by atoms with E-state index < -0.39 is 10.0 Å². The van der Waals surface area contributed by atoms with Crippen molar-refractivity contribution in [2.75, 3.05) is 30.8 Å². The Morgan fingerprint density at radius 2 is 1.91 bits per heavy atom. The Morgan fingerprint density at radius 1 is 1.22 bits per heavy atom. The van der Waals surface area contributed by atoms with E-state index in [0.29, 0.717) is 16.5 Å². The Balaban J connectivity index is 1.61. The van der Waals surface area contributed by atoms with Gasteiger partial charge < -0.3 is 10.2 Å². The van der Waals surface area contributed by atoms with Gasteiger partial charge in [0.25, 0.3) is 0 Å². The van der Waals surface area contributed by atoms with Crippen LogP contribution in [-0.2, 0) is 21.4 Å². The van der Waals surface area contributed by atoms with Crippen molar-refractivity contribution in [3.63, 3.8) is 0 Å². The van der Waals surface area contributed by atoms with Crippen molar-refractivity contribution in [1.29, 1.82) is 0 Å². The van der Waals surface area contributed by atoms with Crippen LogP contribution in [0.15, 0.2) is 48.5 Å². The third-order valence-corrected chi connectivity index (χ3v) is 7.45. The van der Waals surface area contributed by atoms with Crippen LogP contribution < -0.4 is 10.2 Å². The highest BCUT2D eigenvalue weighted by atomic mass is 35.5. The Bertz CT molecular complexity index is 1030. The van der Waals surface area contributed by atoms with Crippen LogP contribution in [0.5, 0.6) is 0 Å². The van der Waals surface area contributed by atoms with Gasteiger partial charge in [-0.05, 0) is 55.0 Å². The average Bonchev–Trinajstić information content (AvgIpc) is 2.74. The highest BCUT2D eigenvalue weighted by Crippen LogP contribution is 2.25. The molecule has 0 radical (unpaired) electrons. The maximum absolute atomic E-state index is 12.7. The van der Waals surface area contributed by atoms with Gasteiger partial charge in [-0.2, -0.15) is 4.31 Å². The van der Waals surface area contributed by atoms with E-state index in [2.05, 4.69) is 29.3 Å². The molecule has 1 amide bonds. The van der Waals surface area contributed by atoms with E-state index in [9.17, 15) is 13.2 Å². The van der Waals surface area contributed by atoms with Crippen LogP contribution >= 0.6 is 11.6 Å². The molecule has 2 atom stereocenters. The standard InChI is InChI=1S/C24H32ClN3O3S/c1-18-7-6-14-27(15-18)22-12-10-20(11-13-22)19(2)26-24(29)17-28(32(3,30)31)16-21-8-4-5-9-23(21)25/h4-5,8-13,18-19H,6-7,14-17H2,1-3H3,(H,26,29). The van der Waals surface area contributed by atoms with Crippen LogP contribution in [-0.4, -0.2) is 44.5 Å². The first-order valence-electron chi connectivity index (χ1n) is 11.0. The Hall–Kier alpha value is -2.09. The quantitative estimate of drug-likeness (QED) is 0.618. The number of benzene rings is 2. The fourth-order valence-electron chi connectivity index (χ4n) is 4.04. The summed E-state index contributed by atoms with van der Waals surface area (Å²) >= 11 is 6.17. The summed E-state index contributed by atoms with van der Waals surface area (Å²) in [5.74, 6) is 0.342. The first-order chi connectivity index (χ1) is 15.1. The third kappa shape index (κ3) is 6.70. The predicted octanol–water partition coefficient (Wildman–Crippen LogP) is 4.22. The Morgan fingerprint density at radius 3 is 2.53 bits per heavy atom. The molecule has 1 heterocycles. The van der Waals surface area contributed by atoms with E-state index >= 15 is 0 Å². The van der Waals surface area contributed by atoms with Gasteiger partial charge >= 0.3 is 0 Å². The van der Waals surface area contributed by atoms with Gasteiger partial charge in [0.1, 0.15) is 0 Å². The average molecular weight is 478 g/mol. The zero-order valence-electron chi connectivity index (χ0n) is 18.9. The number of carbonyl (C=O) groups excluding carboxylic acids is 1. The summed E-state index contributed by atoms with van der Waals surface area (Å²) in [7, 11) is -3.59. The van der Waals surface area contributed by atoms with Crippen molar-refractivity contribution < 1.29 is 13.2 Å². The lowest BCUT2D eigenvalue weighted by molar-refractivity contribution is -0.122. The maximum atomic E-state index is 12.7. The molecule has 2 aromatic rings. The smallest absolute Gasteiger partial charge is 0.235 e. The minimum Gasteiger partial charge on any atom is -0.371 e. The van der Waals surface area contributed by atoms with E-state index in [1.807, 2.05) is 19.1 Å². The van der Waals surface area contributed by atoms with E-state index in [4.69, 9.17) is 11.6 Å². The normalized spacial score (nSPS) is 17.9. The van der Waals surface area contributed by atoms with Crippen molar-refractivity contribution in [1.82, 2.24) is 9.62 Å². The van der Waals surface area contributed by atoms with E-state index in [0.717, 1.165) is 29.2 Å². The van der Waals surface area contributed by atoms with Crippen LogP contribution in [0, 0.1) is 5.92 Å². The minimum atomic E-state index is -3.59. The predicted molar refractivity (Wildman–Crippen MR) is 130 cm³/mol. The Labute approximate surface area is 196 Å². The molecule has 0 aromatic heterocycles. The van der Waals surface area contributed by atoms with Gasteiger partial charge in [-0.25, -0.2) is 8.42 Å². The molecule has 0 spiro atoms. The van der Waals surface area contributed by atoms with Crippen molar-refractivity contribution in [2.45, 2.75) is 39.3 Å². The number of nitrogens with one attached hydrogen (secondary N) is 1. The number of rotatable bonds is 8. The van der Waals surface area contributed by atoms with Gasteiger partial charge in [0.2, 0.25) is 15.9 Å². The molecular formula is C24H32ClN3O3S. The zero-order chi connectivity index (χ0) is 23.3. The molecule has 0 aliphatic carbocycles. The number of hydrogen-bond acceptors (Lipinski definition) is 4. The topological polar surface area (TPSA) is 69.7 Å². The molecule has 6 nitrogen and oxygen atoms in total. The van der Waals surface area contributed by atoms with Crippen molar-refractivity contribution in [3.8, 4) is 0 Å². The molecule has 8 heteroatoms. The number of nitrogens with zero attached hydrogens (tertiary/aromatic N) is 2. The summed E-state index contributed by atoms with van der Waals surface area (Å²) in [5.41, 5.74) is 2.83. The zero-order valence-corrected chi connectivity index (χ0v) is 20.5. The molecule has 1 aliphatic heterocycles. The van der Waals surface area contributed by atoms with Gasteiger partial charge in [-0.15, -0.1) is 0 Å². The number of anilines is 1. The van der Waals surface area contributed by atoms with Crippen molar-refractivity contribution >= 4 is 33.2 Å². The van der Waals surface area contributed by atoms with Crippen LogP contribution in [0.1, 0.15) is 43.9 Å². The van der Waals surface area contributed by atoms with E-state index in [1.165, 1.54) is 18.5 Å². The molecular weight excluding hydrogens is 446 g/mol. The third-order valence-electron chi connectivity index (χ3n) is 5.89. The highest BCUT2D eigenvalue weighted by Gasteiger charge is 2.23. The largest absolute Gasteiger partial charge is 0.371 e. The van der Waals surface area contributed by atoms with E-state index in [-0.39, 0.29) is 25.0 Å². The lowest BCUT2D eigenvalue weighted by Gasteiger charge is -2.33. The van der Waals surface area contributed by atoms with E-state index in [1.54, 1.807) is 24.3 Å². The molecule has 1 fully saturated rings. The SMILES string of the molecule is CC1CCCN(c2ccc(C(C)NC(=O)CN(Cc3ccccc3Cl)S(C)(=O)=O)cc2)C1. The second-order valence-electron chi connectivity index (χ2n) is 8.70. The molecule has 174 valence electrons. The number of piperidine rings is 1. The number of sulfonamides is 1. The summed E-state index contributed by atoms with van der Waals surface area (Å²) < 4.78 is 25.6. The Kier molecular flexibility index (Phi) is 8.20. The fourth-order valence-corrected chi connectivity index (χ4v) is 4.96. The van der Waals surface area contributed by atoms with Gasteiger partial charge in [0.15, 0.2) is 0 Å². The van der Waals surface area contributed by atoms with Crippen molar-refractivity contribution in [2.24, 2.45) is 5.92 Å². The van der Waals surface area contributed by atoms with Crippen LogP contribution in [0.4, 0.5) is 5.69 Å². The number of carbonyl (C=O) groups is 1. The van der Waals surface area contributed by atoms with Gasteiger partial charge in [0, 0.05) is 30.3 Å². The molecule has 1 saturated heterocycles. The molecule has 1 aliphatic rings. The molecule has 3 rings (SSSR count). The lowest BCUT2D eigenvalue weighted by atomic mass is 9.99. The summed E-state index contributed by atoms with van der Waals surface area (Å²) in [6.45, 7) is 6.10. The summed E-state index contributed by atoms with van der Waals surface area (Å²) in [6, 6.07) is 15.0. The molecule has 2 aromatic carbocycles. The first kappa shape index (κ1) is 24.6. The number of halogens is 1. The first-order valence-corrected chi connectivity index (χ1v) is 13.2. The summed E-state index contributed by atoms with van der Waals surface area (Å²) in [6.07, 6.45) is 3.58. The van der Waals surface area contributed by atoms with Crippen LogP contribution in [0.25, 0.3) is 0 Å². The van der Waals surface area contributed by atoms with Gasteiger partial charge in [0.05, 0.1) is 18.8 Å². The molecule has 1 N–H and O–H groups in total. The van der Waals surface area contributed by atoms with Crippen LogP contribution in [0.3, 0.4) is 0 Å². The molecule has 32 heavy (non-hydrogen) atoms. The minimum absolute atomic E-state index is 0.0449. The van der Waals surface area contributed by atoms with Gasteiger partial charge in [-0.1, -0.05) is 48.9 Å². The van der Waals surface area contributed by atoms with Crippen LogP contribution in [0.2, 0.25) is 5.02 Å². The van der Waals surface area contributed by atoms with Crippen molar-refractivity contribution in [3.05, 3.63) is 64.7 Å². The number of hydrogen-bond donors (Lipinski definition) is 1. The molecule has 0 saturated carbocycles. The monoisotopic (exact) mass is 477 g/mol. The molecule has 2 unspecified atom stereocenters. The van der Waals surface area contributed by atoms with Gasteiger partial charge in [-0.3, -0.25) is 4.79 Å². The second kappa shape index (κ2) is 10.7. The lowest BCUT2D eigenvalue weighted by Crippen LogP contribution is -2.40. The second-order valence-corrected chi connectivity index (χ2v) is 11.1. The summed E-state index contributed by atoms with van der Waals surface area (Å²) in [4.78, 5) is 15.1. The maximum Gasteiger partial charge on any atom is 0.235 e. The number of amides is 1. The fraction of sp³-hybridized carbons (Fsp3) is 0.458. The molecule has 0 bridgehead atoms.